The van der Waals surface area contributed by atoms with E-state index < -0.39 is 0 Å². The Kier molecular flexibility index (Phi) is 6.92. The van der Waals surface area contributed by atoms with Gasteiger partial charge in [0.1, 0.15) is 12.4 Å². The lowest BCUT2D eigenvalue weighted by Gasteiger charge is -2.12. The zero-order valence-corrected chi connectivity index (χ0v) is 15.5. The Balaban J connectivity index is 1.38. The second kappa shape index (κ2) is 9.60. The Hall–Kier alpha value is -2.04. The number of hydrogen-bond acceptors (Lipinski definition) is 3. The van der Waals surface area contributed by atoms with Gasteiger partial charge in [0.05, 0.1) is 6.10 Å². The molecule has 26 heavy (non-hydrogen) atoms. The van der Waals surface area contributed by atoms with E-state index in [0.717, 1.165) is 36.3 Å². The molecule has 1 saturated heterocycles. The summed E-state index contributed by atoms with van der Waals surface area (Å²) >= 11 is 6.11. The highest BCUT2D eigenvalue weighted by atomic mass is 35.5. The summed E-state index contributed by atoms with van der Waals surface area (Å²) in [6.07, 6.45) is 3.46. The van der Waals surface area contributed by atoms with Crippen molar-refractivity contribution in [1.82, 2.24) is 5.32 Å². The predicted octanol–water partition coefficient (Wildman–Crippen LogP) is 4.15. The molecule has 1 heterocycles. The van der Waals surface area contributed by atoms with Crippen LogP contribution in [-0.2, 0) is 22.5 Å². The standard InChI is InChI=1S/C21H24ClNO3/c22-20-6-2-1-4-17(20)9-12-21(24)23-14-16-7-10-18(11-8-16)26-15-19-5-3-13-25-19/h1-2,4,6-8,10-11,19H,3,5,9,12-15H2,(H,23,24). The lowest BCUT2D eigenvalue weighted by Crippen LogP contribution is -2.23. The number of nitrogens with one attached hydrogen (secondary N) is 1. The molecule has 0 saturated carbocycles. The van der Waals surface area contributed by atoms with Crippen LogP contribution in [0.4, 0.5) is 0 Å². The number of benzene rings is 2. The normalized spacial score (nSPS) is 16.4. The van der Waals surface area contributed by atoms with Crippen molar-refractivity contribution in [2.45, 2.75) is 38.3 Å². The first-order valence-corrected chi connectivity index (χ1v) is 9.42. The van der Waals surface area contributed by atoms with Crippen molar-refractivity contribution in [1.29, 1.82) is 0 Å². The van der Waals surface area contributed by atoms with Gasteiger partial charge in [-0.1, -0.05) is 41.9 Å². The summed E-state index contributed by atoms with van der Waals surface area (Å²) in [5, 5.41) is 3.65. The van der Waals surface area contributed by atoms with Crippen LogP contribution < -0.4 is 10.1 Å². The largest absolute Gasteiger partial charge is 0.491 e. The van der Waals surface area contributed by atoms with E-state index in [2.05, 4.69) is 5.32 Å². The summed E-state index contributed by atoms with van der Waals surface area (Å²) in [6.45, 7) is 1.94. The van der Waals surface area contributed by atoms with Gasteiger partial charge in [-0.3, -0.25) is 4.79 Å². The smallest absolute Gasteiger partial charge is 0.220 e. The maximum absolute atomic E-state index is 12.0. The molecule has 1 N–H and O–H groups in total. The Morgan fingerprint density at radius 3 is 2.73 bits per heavy atom. The van der Waals surface area contributed by atoms with Gasteiger partial charge in [-0.05, 0) is 48.6 Å². The zero-order chi connectivity index (χ0) is 18.2. The molecular formula is C21H24ClNO3. The highest BCUT2D eigenvalue weighted by Gasteiger charge is 2.15. The van der Waals surface area contributed by atoms with Crippen molar-refractivity contribution >= 4 is 17.5 Å². The molecule has 1 aliphatic heterocycles. The number of amides is 1. The summed E-state index contributed by atoms with van der Waals surface area (Å²) in [7, 11) is 0. The molecule has 138 valence electrons. The second-order valence-corrected chi connectivity index (χ2v) is 6.87. The van der Waals surface area contributed by atoms with E-state index in [0.29, 0.717) is 31.0 Å². The minimum atomic E-state index is 0.0172. The predicted molar refractivity (Wildman–Crippen MR) is 103 cm³/mol. The molecule has 1 unspecified atom stereocenters. The van der Waals surface area contributed by atoms with E-state index >= 15 is 0 Å². The van der Waals surface area contributed by atoms with E-state index in [1.165, 1.54) is 0 Å². The average molecular weight is 374 g/mol. The second-order valence-electron chi connectivity index (χ2n) is 6.46. The molecule has 0 spiro atoms. The third kappa shape index (κ3) is 5.75. The van der Waals surface area contributed by atoms with Gasteiger partial charge in [-0.25, -0.2) is 0 Å². The Labute approximate surface area is 159 Å². The Morgan fingerprint density at radius 1 is 1.19 bits per heavy atom. The van der Waals surface area contributed by atoms with Gasteiger partial charge in [0, 0.05) is 24.6 Å². The minimum Gasteiger partial charge on any atom is -0.491 e. The topological polar surface area (TPSA) is 47.6 Å². The van der Waals surface area contributed by atoms with Crippen molar-refractivity contribution < 1.29 is 14.3 Å². The zero-order valence-electron chi connectivity index (χ0n) is 14.7. The molecule has 0 radical (unpaired) electrons. The van der Waals surface area contributed by atoms with Crippen LogP contribution in [0, 0.1) is 0 Å². The summed E-state index contributed by atoms with van der Waals surface area (Å²) in [5.41, 5.74) is 2.04. The number of halogens is 1. The minimum absolute atomic E-state index is 0.0172. The van der Waals surface area contributed by atoms with Crippen LogP contribution >= 0.6 is 11.6 Å². The molecule has 1 aliphatic rings. The number of ether oxygens (including phenoxy) is 2. The third-order valence-corrected chi connectivity index (χ3v) is 4.82. The van der Waals surface area contributed by atoms with E-state index in [9.17, 15) is 4.79 Å². The summed E-state index contributed by atoms with van der Waals surface area (Å²) < 4.78 is 11.3. The van der Waals surface area contributed by atoms with E-state index in [4.69, 9.17) is 21.1 Å². The van der Waals surface area contributed by atoms with Crippen LogP contribution in [0.15, 0.2) is 48.5 Å². The number of carbonyl (C=O) groups is 1. The fourth-order valence-electron chi connectivity index (χ4n) is 2.91. The molecule has 1 atom stereocenters. The highest BCUT2D eigenvalue weighted by Crippen LogP contribution is 2.18. The van der Waals surface area contributed by atoms with E-state index in [1.54, 1.807) is 0 Å². The van der Waals surface area contributed by atoms with Crippen molar-refractivity contribution in [3.05, 3.63) is 64.7 Å². The van der Waals surface area contributed by atoms with E-state index in [-0.39, 0.29) is 12.0 Å². The van der Waals surface area contributed by atoms with Crippen LogP contribution in [0.3, 0.4) is 0 Å². The Bertz CT molecular complexity index is 711. The maximum atomic E-state index is 12.0. The van der Waals surface area contributed by atoms with Crippen LogP contribution in [0.1, 0.15) is 30.4 Å². The van der Waals surface area contributed by atoms with Crippen LogP contribution in [0.2, 0.25) is 5.02 Å². The summed E-state index contributed by atoms with van der Waals surface area (Å²) in [4.78, 5) is 12.0. The van der Waals surface area contributed by atoms with Gasteiger partial charge in [-0.15, -0.1) is 0 Å². The van der Waals surface area contributed by atoms with Gasteiger partial charge in [-0.2, -0.15) is 0 Å². The average Bonchev–Trinajstić information content (AvgIpc) is 3.18. The highest BCUT2D eigenvalue weighted by molar-refractivity contribution is 6.31. The maximum Gasteiger partial charge on any atom is 0.220 e. The third-order valence-electron chi connectivity index (χ3n) is 4.45. The SMILES string of the molecule is O=C(CCc1ccccc1Cl)NCc1ccc(OCC2CCCO2)cc1. The van der Waals surface area contributed by atoms with Gasteiger partial charge in [0.25, 0.3) is 0 Å². The number of rotatable bonds is 8. The summed E-state index contributed by atoms with van der Waals surface area (Å²) in [6, 6.07) is 15.4. The monoisotopic (exact) mass is 373 g/mol. The van der Waals surface area contributed by atoms with Crippen LogP contribution in [0.5, 0.6) is 5.75 Å². The fourth-order valence-corrected chi connectivity index (χ4v) is 3.14. The molecule has 4 nitrogen and oxygen atoms in total. The molecule has 2 aromatic carbocycles. The first kappa shape index (κ1) is 18.7. The molecule has 1 fully saturated rings. The van der Waals surface area contributed by atoms with Gasteiger partial charge < -0.3 is 14.8 Å². The number of hydrogen-bond donors (Lipinski definition) is 1. The first-order chi connectivity index (χ1) is 12.7. The molecule has 2 aromatic rings. The molecule has 0 bridgehead atoms. The Morgan fingerprint density at radius 2 is 2.00 bits per heavy atom. The number of aryl methyl sites for hydroxylation is 1. The van der Waals surface area contributed by atoms with Crippen molar-refractivity contribution in [2.24, 2.45) is 0 Å². The van der Waals surface area contributed by atoms with Crippen molar-refractivity contribution in [3.8, 4) is 5.75 Å². The summed E-state index contributed by atoms with van der Waals surface area (Å²) in [5.74, 6) is 0.845. The van der Waals surface area contributed by atoms with Crippen molar-refractivity contribution in [2.75, 3.05) is 13.2 Å². The quantitative estimate of drug-likeness (QED) is 0.756. The molecule has 3 rings (SSSR count). The van der Waals surface area contributed by atoms with Crippen LogP contribution in [-0.4, -0.2) is 25.2 Å². The van der Waals surface area contributed by atoms with Gasteiger partial charge in [0.15, 0.2) is 0 Å². The van der Waals surface area contributed by atoms with Crippen LogP contribution in [0.25, 0.3) is 0 Å². The fraction of sp³-hybridized carbons (Fsp3) is 0.381. The molecule has 0 aliphatic carbocycles. The molecule has 1 amide bonds. The number of carbonyl (C=O) groups excluding carboxylic acids is 1. The van der Waals surface area contributed by atoms with Gasteiger partial charge >= 0.3 is 0 Å². The lowest BCUT2D eigenvalue weighted by atomic mass is 10.1. The molecular weight excluding hydrogens is 350 g/mol. The molecule has 5 heteroatoms. The van der Waals surface area contributed by atoms with E-state index in [1.807, 2.05) is 48.5 Å². The molecule has 0 aromatic heterocycles. The first-order valence-electron chi connectivity index (χ1n) is 9.04. The van der Waals surface area contributed by atoms with Gasteiger partial charge in [0.2, 0.25) is 5.91 Å². The lowest BCUT2D eigenvalue weighted by molar-refractivity contribution is -0.121. The van der Waals surface area contributed by atoms with Crippen molar-refractivity contribution in [3.63, 3.8) is 0 Å².